The minimum absolute atomic E-state index is 0.0385. The van der Waals surface area contributed by atoms with Gasteiger partial charge < -0.3 is 10.1 Å². The Morgan fingerprint density at radius 2 is 1.95 bits per heavy atom. The predicted molar refractivity (Wildman–Crippen MR) is 80.4 cm³/mol. The van der Waals surface area contributed by atoms with Crippen LogP contribution in [0.4, 0.5) is 8.78 Å². The van der Waals surface area contributed by atoms with Gasteiger partial charge in [0.05, 0.1) is 5.60 Å². The van der Waals surface area contributed by atoms with E-state index in [9.17, 15) is 8.78 Å². The van der Waals surface area contributed by atoms with Crippen molar-refractivity contribution in [3.05, 3.63) is 35.4 Å². The molecule has 1 aliphatic carbocycles. The highest BCUT2D eigenvalue weighted by Crippen LogP contribution is 2.39. The van der Waals surface area contributed by atoms with E-state index in [2.05, 4.69) is 12.2 Å². The second-order valence-electron chi connectivity index (χ2n) is 6.00. The fourth-order valence-corrected chi connectivity index (χ4v) is 3.05. The third-order valence-corrected chi connectivity index (χ3v) is 4.51. The molecule has 1 aromatic rings. The maximum absolute atomic E-state index is 13.8. The van der Waals surface area contributed by atoms with E-state index in [1.165, 1.54) is 24.6 Å². The van der Waals surface area contributed by atoms with Crippen molar-refractivity contribution in [2.75, 3.05) is 13.7 Å². The van der Waals surface area contributed by atoms with E-state index in [1.54, 1.807) is 7.11 Å². The van der Waals surface area contributed by atoms with Crippen LogP contribution < -0.4 is 5.32 Å². The van der Waals surface area contributed by atoms with Crippen LogP contribution in [0.5, 0.6) is 0 Å². The molecule has 1 saturated carbocycles. The molecule has 2 rings (SSSR count). The summed E-state index contributed by atoms with van der Waals surface area (Å²) < 4.78 is 33.3. The number of hydrogen-bond donors (Lipinski definition) is 1. The predicted octanol–water partition coefficient (Wildman–Crippen LogP) is 3.83. The minimum atomic E-state index is -0.460. The van der Waals surface area contributed by atoms with Crippen LogP contribution in [0.2, 0.25) is 0 Å². The molecule has 1 fully saturated rings. The number of hydrogen-bond acceptors (Lipinski definition) is 2. The second kappa shape index (κ2) is 7.32. The molecule has 1 aromatic carbocycles. The first kappa shape index (κ1) is 16.4. The molecule has 21 heavy (non-hydrogen) atoms. The van der Waals surface area contributed by atoms with Crippen LogP contribution in [0, 0.1) is 11.6 Å². The van der Waals surface area contributed by atoms with Crippen molar-refractivity contribution in [1.29, 1.82) is 0 Å². The summed E-state index contributed by atoms with van der Waals surface area (Å²) in [5, 5.41) is 3.42. The second-order valence-corrected chi connectivity index (χ2v) is 6.00. The van der Waals surface area contributed by atoms with Crippen molar-refractivity contribution in [2.24, 2.45) is 0 Å². The zero-order valence-corrected chi connectivity index (χ0v) is 12.9. The largest absolute Gasteiger partial charge is 0.378 e. The minimum Gasteiger partial charge on any atom is -0.378 e. The lowest BCUT2D eigenvalue weighted by atomic mass is 9.75. The molecule has 0 saturated heterocycles. The lowest BCUT2D eigenvalue weighted by molar-refractivity contribution is -0.0834. The number of benzene rings is 1. The van der Waals surface area contributed by atoms with Gasteiger partial charge >= 0.3 is 0 Å². The molecule has 0 aromatic heterocycles. The highest BCUT2D eigenvalue weighted by Gasteiger charge is 2.39. The molecule has 0 aliphatic heterocycles. The van der Waals surface area contributed by atoms with Crippen molar-refractivity contribution in [2.45, 2.75) is 57.1 Å². The van der Waals surface area contributed by atoms with Gasteiger partial charge in [-0.15, -0.1) is 0 Å². The molecule has 0 amide bonds. The molecule has 0 heterocycles. The highest BCUT2D eigenvalue weighted by molar-refractivity contribution is 5.21. The molecule has 1 atom stereocenters. The fourth-order valence-electron chi connectivity index (χ4n) is 3.05. The molecule has 118 valence electrons. The number of rotatable bonds is 8. The summed E-state index contributed by atoms with van der Waals surface area (Å²) in [6, 6.07) is 4.09. The summed E-state index contributed by atoms with van der Waals surface area (Å²) in [5.41, 5.74) is 0.0735. The van der Waals surface area contributed by atoms with Gasteiger partial charge in [0.1, 0.15) is 11.6 Å². The van der Waals surface area contributed by atoms with E-state index in [1.807, 2.05) is 0 Å². The van der Waals surface area contributed by atoms with Gasteiger partial charge in [0.2, 0.25) is 0 Å². The van der Waals surface area contributed by atoms with Crippen LogP contribution in [0.15, 0.2) is 18.2 Å². The smallest absolute Gasteiger partial charge is 0.129 e. The molecule has 2 nitrogen and oxygen atoms in total. The SMILES string of the molecule is CCCNC(Cc1c(F)cccc1F)CC1(OC)CCC1. The van der Waals surface area contributed by atoms with Crippen molar-refractivity contribution in [3.8, 4) is 0 Å². The van der Waals surface area contributed by atoms with E-state index in [-0.39, 0.29) is 17.2 Å². The number of halogens is 2. The Labute approximate surface area is 125 Å². The van der Waals surface area contributed by atoms with Crippen molar-refractivity contribution >= 4 is 0 Å². The Hall–Kier alpha value is -1.00. The average Bonchev–Trinajstić information content (AvgIpc) is 2.43. The highest BCUT2D eigenvalue weighted by atomic mass is 19.1. The molecular formula is C17H25F2NO. The fraction of sp³-hybridized carbons (Fsp3) is 0.647. The Morgan fingerprint density at radius 1 is 1.29 bits per heavy atom. The van der Waals surface area contributed by atoms with Gasteiger partial charge in [-0.25, -0.2) is 8.78 Å². The van der Waals surface area contributed by atoms with Gasteiger partial charge in [0.25, 0.3) is 0 Å². The Balaban J connectivity index is 2.08. The van der Waals surface area contributed by atoms with E-state index in [0.717, 1.165) is 32.2 Å². The maximum Gasteiger partial charge on any atom is 0.129 e. The first-order valence-corrected chi connectivity index (χ1v) is 7.81. The van der Waals surface area contributed by atoms with Crippen LogP contribution in [-0.2, 0) is 11.2 Å². The Morgan fingerprint density at radius 3 is 2.43 bits per heavy atom. The van der Waals surface area contributed by atoms with Crippen LogP contribution >= 0.6 is 0 Å². The first-order chi connectivity index (χ1) is 10.1. The molecule has 0 radical (unpaired) electrons. The zero-order valence-electron chi connectivity index (χ0n) is 12.9. The van der Waals surface area contributed by atoms with Crippen LogP contribution in [-0.4, -0.2) is 25.3 Å². The molecular weight excluding hydrogens is 272 g/mol. The molecule has 0 spiro atoms. The van der Waals surface area contributed by atoms with Gasteiger partial charge in [-0.2, -0.15) is 0 Å². The van der Waals surface area contributed by atoms with Gasteiger partial charge in [-0.3, -0.25) is 0 Å². The molecule has 1 N–H and O–H groups in total. The van der Waals surface area contributed by atoms with Gasteiger partial charge in [0, 0.05) is 18.7 Å². The molecule has 1 unspecified atom stereocenters. The number of nitrogens with one attached hydrogen (secondary N) is 1. The molecule has 1 aliphatic rings. The maximum atomic E-state index is 13.8. The quantitative estimate of drug-likeness (QED) is 0.787. The van der Waals surface area contributed by atoms with E-state index in [0.29, 0.717) is 6.42 Å². The third kappa shape index (κ3) is 4.01. The van der Waals surface area contributed by atoms with Crippen molar-refractivity contribution < 1.29 is 13.5 Å². The average molecular weight is 297 g/mol. The summed E-state index contributed by atoms with van der Waals surface area (Å²) in [6.07, 6.45) is 5.40. The zero-order chi connectivity index (χ0) is 15.3. The topological polar surface area (TPSA) is 21.3 Å². The van der Waals surface area contributed by atoms with E-state index in [4.69, 9.17) is 4.74 Å². The van der Waals surface area contributed by atoms with E-state index >= 15 is 0 Å². The standard InChI is InChI=1S/C17H25F2NO/c1-3-10-20-13(12-17(21-2)8-5-9-17)11-14-15(18)6-4-7-16(14)19/h4,6-7,13,20H,3,5,8-12H2,1-2H3. The summed E-state index contributed by atoms with van der Waals surface area (Å²) in [7, 11) is 1.74. The summed E-state index contributed by atoms with van der Waals surface area (Å²) in [5.74, 6) is -0.920. The van der Waals surface area contributed by atoms with Gasteiger partial charge in [-0.1, -0.05) is 13.0 Å². The summed E-state index contributed by atoms with van der Waals surface area (Å²) in [6.45, 7) is 2.93. The first-order valence-electron chi connectivity index (χ1n) is 7.81. The normalized spacial score (nSPS) is 18.3. The lowest BCUT2D eigenvalue weighted by Gasteiger charge is -2.43. The third-order valence-electron chi connectivity index (χ3n) is 4.51. The summed E-state index contributed by atoms with van der Waals surface area (Å²) >= 11 is 0. The Kier molecular flexibility index (Phi) is 5.71. The van der Waals surface area contributed by atoms with Crippen molar-refractivity contribution in [1.82, 2.24) is 5.32 Å². The lowest BCUT2D eigenvalue weighted by Crippen LogP contribution is -2.47. The monoisotopic (exact) mass is 297 g/mol. The number of methoxy groups -OCH3 is 1. The Bertz CT molecular complexity index is 434. The van der Waals surface area contributed by atoms with Crippen LogP contribution in [0.3, 0.4) is 0 Å². The van der Waals surface area contributed by atoms with Gasteiger partial charge in [0.15, 0.2) is 0 Å². The molecule has 0 bridgehead atoms. The summed E-state index contributed by atoms with van der Waals surface area (Å²) in [4.78, 5) is 0. The molecule has 4 heteroatoms. The van der Waals surface area contributed by atoms with Crippen molar-refractivity contribution in [3.63, 3.8) is 0 Å². The van der Waals surface area contributed by atoms with Crippen LogP contribution in [0.25, 0.3) is 0 Å². The van der Waals surface area contributed by atoms with E-state index < -0.39 is 11.6 Å². The van der Waals surface area contributed by atoms with Gasteiger partial charge in [-0.05, 0) is 57.2 Å². The number of ether oxygens (including phenoxy) is 1. The van der Waals surface area contributed by atoms with Crippen LogP contribution in [0.1, 0.15) is 44.6 Å².